The van der Waals surface area contributed by atoms with Crippen LogP contribution in [0.4, 0.5) is 8.78 Å². The molecule has 0 spiro atoms. The summed E-state index contributed by atoms with van der Waals surface area (Å²) in [5.74, 6) is -4.33. The molecule has 1 saturated heterocycles. The van der Waals surface area contributed by atoms with Crippen LogP contribution in [0, 0.1) is 17.6 Å². The van der Waals surface area contributed by atoms with E-state index in [1.165, 1.54) is 0 Å². The predicted molar refractivity (Wildman–Crippen MR) is 56.2 cm³/mol. The van der Waals surface area contributed by atoms with Crippen molar-refractivity contribution in [2.75, 3.05) is 13.1 Å². The van der Waals surface area contributed by atoms with Gasteiger partial charge in [-0.05, 0) is 12.1 Å². The van der Waals surface area contributed by atoms with Crippen molar-refractivity contribution in [2.45, 2.75) is 4.90 Å². The van der Waals surface area contributed by atoms with Gasteiger partial charge in [-0.25, -0.2) is 17.2 Å². The maximum atomic E-state index is 13.4. The highest BCUT2D eigenvalue weighted by Gasteiger charge is 2.42. The fourth-order valence-electron chi connectivity index (χ4n) is 1.65. The van der Waals surface area contributed by atoms with Crippen LogP contribution in [0.5, 0.6) is 0 Å². The smallest absolute Gasteiger partial charge is 0.309 e. The molecule has 0 amide bonds. The van der Waals surface area contributed by atoms with Crippen molar-refractivity contribution < 1.29 is 27.1 Å². The first-order valence-corrected chi connectivity index (χ1v) is 6.45. The summed E-state index contributed by atoms with van der Waals surface area (Å²) in [6, 6.07) is 2.73. The van der Waals surface area contributed by atoms with E-state index < -0.39 is 38.4 Å². The molecule has 8 heteroatoms. The topological polar surface area (TPSA) is 74.7 Å². The summed E-state index contributed by atoms with van der Waals surface area (Å²) in [5.41, 5.74) is 0. The second-order valence-electron chi connectivity index (χ2n) is 3.91. The second-order valence-corrected chi connectivity index (χ2v) is 5.78. The molecule has 0 radical (unpaired) electrons. The van der Waals surface area contributed by atoms with Gasteiger partial charge < -0.3 is 5.11 Å². The number of hydrogen-bond donors (Lipinski definition) is 1. The summed E-state index contributed by atoms with van der Waals surface area (Å²) in [4.78, 5) is 9.52. The van der Waals surface area contributed by atoms with E-state index in [9.17, 15) is 22.0 Å². The maximum Gasteiger partial charge on any atom is 0.309 e. The van der Waals surface area contributed by atoms with Crippen molar-refractivity contribution in [3.8, 4) is 0 Å². The molecule has 0 atom stereocenters. The minimum absolute atomic E-state index is 0.272. The van der Waals surface area contributed by atoms with Gasteiger partial charge in [-0.2, -0.15) is 4.31 Å². The summed E-state index contributed by atoms with van der Waals surface area (Å²) in [5, 5.41) is 8.63. The summed E-state index contributed by atoms with van der Waals surface area (Å²) in [6.45, 7) is -0.545. The summed E-state index contributed by atoms with van der Waals surface area (Å²) >= 11 is 0. The van der Waals surface area contributed by atoms with Crippen molar-refractivity contribution in [1.29, 1.82) is 0 Å². The Bertz CT molecular complexity index is 576. The highest BCUT2D eigenvalue weighted by Crippen LogP contribution is 2.28. The molecule has 1 N–H and O–H groups in total. The van der Waals surface area contributed by atoms with E-state index in [2.05, 4.69) is 0 Å². The van der Waals surface area contributed by atoms with Gasteiger partial charge in [-0.3, -0.25) is 4.79 Å². The van der Waals surface area contributed by atoms with Crippen LogP contribution in [0.1, 0.15) is 0 Å². The Kier molecular flexibility index (Phi) is 3.07. The third-order valence-electron chi connectivity index (χ3n) is 2.71. The average Bonchev–Trinajstić information content (AvgIpc) is 2.12. The fourth-order valence-corrected chi connectivity index (χ4v) is 3.29. The van der Waals surface area contributed by atoms with Crippen LogP contribution in [0.15, 0.2) is 23.1 Å². The largest absolute Gasteiger partial charge is 0.481 e. The number of carboxylic acid groups (broad SMARTS) is 1. The first kappa shape index (κ1) is 12.9. The molecule has 0 bridgehead atoms. The third-order valence-corrected chi connectivity index (χ3v) is 4.60. The molecule has 1 aromatic rings. The highest BCUT2D eigenvalue weighted by molar-refractivity contribution is 7.89. The molecule has 1 aliphatic heterocycles. The molecule has 5 nitrogen and oxygen atoms in total. The Morgan fingerprint density at radius 2 is 1.78 bits per heavy atom. The molecular weight excluding hydrogens is 268 g/mol. The molecule has 0 aliphatic carbocycles. The van der Waals surface area contributed by atoms with Gasteiger partial charge in [-0.15, -0.1) is 0 Å². The van der Waals surface area contributed by atoms with Gasteiger partial charge in [0.2, 0.25) is 10.0 Å². The van der Waals surface area contributed by atoms with Crippen LogP contribution in [0.25, 0.3) is 0 Å². The van der Waals surface area contributed by atoms with Crippen molar-refractivity contribution in [3.05, 3.63) is 29.8 Å². The van der Waals surface area contributed by atoms with Crippen LogP contribution < -0.4 is 0 Å². The van der Waals surface area contributed by atoms with E-state index >= 15 is 0 Å². The maximum absolute atomic E-state index is 13.4. The average molecular weight is 277 g/mol. The Labute approximate surface area is 102 Å². The molecule has 2 rings (SSSR count). The normalized spacial score (nSPS) is 17.4. The Hall–Kier alpha value is -1.54. The van der Waals surface area contributed by atoms with Crippen molar-refractivity contribution >= 4 is 16.0 Å². The van der Waals surface area contributed by atoms with Gasteiger partial charge in [-0.1, -0.05) is 6.07 Å². The SMILES string of the molecule is O=C(O)C1CN(S(=O)(=O)c2c(F)cccc2F)C1. The number of sulfonamides is 1. The van der Waals surface area contributed by atoms with E-state index in [0.717, 1.165) is 22.5 Å². The minimum atomic E-state index is -4.31. The van der Waals surface area contributed by atoms with Gasteiger partial charge in [0.25, 0.3) is 0 Å². The van der Waals surface area contributed by atoms with Crippen molar-refractivity contribution in [3.63, 3.8) is 0 Å². The molecule has 1 fully saturated rings. The van der Waals surface area contributed by atoms with Crippen LogP contribution in [0.3, 0.4) is 0 Å². The molecule has 98 valence electrons. The lowest BCUT2D eigenvalue weighted by atomic mass is 10.0. The van der Waals surface area contributed by atoms with Gasteiger partial charge in [0, 0.05) is 13.1 Å². The van der Waals surface area contributed by atoms with E-state index in [-0.39, 0.29) is 13.1 Å². The number of hydrogen-bond acceptors (Lipinski definition) is 3. The zero-order chi connectivity index (χ0) is 13.5. The Morgan fingerprint density at radius 3 is 2.22 bits per heavy atom. The number of rotatable bonds is 3. The zero-order valence-electron chi connectivity index (χ0n) is 9.01. The molecule has 0 aromatic heterocycles. The van der Waals surface area contributed by atoms with Crippen molar-refractivity contribution in [1.82, 2.24) is 4.31 Å². The number of aliphatic carboxylic acids is 1. The van der Waals surface area contributed by atoms with Crippen LogP contribution in [0.2, 0.25) is 0 Å². The van der Waals surface area contributed by atoms with E-state index in [1.807, 2.05) is 0 Å². The van der Waals surface area contributed by atoms with Gasteiger partial charge in [0.05, 0.1) is 5.92 Å². The van der Waals surface area contributed by atoms with E-state index in [0.29, 0.717) is 0 Å². The lowest BCUT2D eigenvalue weighted by Crippen LogP contribution is -2.53. The lowest BCUT2D eigenvalue weighted by Gasteiger charge is -2.35. The number of nitrogens with zero attached hydrogens (tertiary/aromatic N) is 1. The van der Waals surface area contributed by atoms with Gasteiger partial charge in [0.15, 0.2) is 4.90 Å². The highest BCUT2D eigenvalue weighted by atomic mass is 32.2. The summed E-state index contributed by atoms with van der Waals surface area (Å²) in [6.07, 6.45) is 0. The van der Waals surface area contributed by atoms with Gasteiger partial charge >= 0.3 is 5.97 Å². The first-order valence-electron chi connectivity index (χ1n) is 5.01. The third kappa shape index (κ3) is 1.97. The zero-order valence-corrected chi connectivity index (χ0v) is 9.82. The molecule has 18 heavy (non-hydrogen) atoms. The lowest BCUT2D eigenvalue weighted by molar-refractivity contribution is -0.145. The standard InChI is InChI=1S/C10H9F2NO4S/c11-7-2-1-3-8(12)9(7)18(16,17)13-4-6(5-13)10(14)15/h1-3,6H,4-5H2,(H,14,15). The quantitative estimate of drug-likeness (QED) is 0.881. The molecular formula is C10H9F2NO4S. The fraction of sp³-hybridized carbons (Fsp3) is 0.300. The predicted octanol–water partition coefficient (Wildman–Crippen LogP) is 0.670. The molecule has 1 aromatic carbocycles. The van der Waals surface area contributed by atoms with Crippen LogP contribution >= 0.6 is 0 Å². The molecule has 0 saturated carbocycles. The molecule has 0 unspecified atom stereocenters. The van der Waals surface area contributed by atoms with E-state index in [4.69, 9.17) is 5.11 Å². The number of carboxylic acids is 1. The molecule has 1 heterocycles. The molecule has 1 aliphatic rings. The van der Waals surface area contributed by atoms with E-state index in [1.54, 1.807) is 0 Å². The second kappa shape index (κ2) is 4.29. The monoisotopic (exact) mass is 277 g/mol. The Balaban J connectivity index is 2.31. The first-order chi connectivity index (χ1) is 8.34. The van der Waals surface area contributed by atoms with Gasteiger partial charge in [0.1, 0.15) is 11.6 Å². The number of halogens is 2. The summed E-state index contributed by atoms with van der Waals surface area (Å²) in [7, 11) is -4.31. The number of benzene rings is 1. The number of carbonyl (C=O) groups is 1. The van der Waals surface area contributed by atoms with Crippen molar-refractivity contribution in [2.24, 2.45) is 5.92 Å². The Morgan fingerprint density at radius 1 is 1.28 bits per heavy atom. The minimum Gasteiger partial charge on any atom is -0.481 e. The van der Waals surface area contributed by atoms with Crippen LogP contribution in [-0.2, 0) is 14.8 Å². The summed E-state index contributed by atoms with van der Waals surface area (Å²) < 4.78 is 51.2. The van der Waals surface area contributed by atoms with Crippen LogP contribution in [-0.4, -0.2) is 36.9 Å².